The summed E-state index contributed by atoms with van der Waals surface area (Å²) >= 11 is 0. The number of amides is 1. The van der Waals surface area contributed by atoms with Gasteiger partial charge in [0.2, 0.25) is 0 Å². The summed E-state index contributed by atoms with van der Waals surface area (Å²) < 4.78 is 12.4. The highest BCUT2D eigenvalue weighted by atomic mass is 16.5. The van der Waals surface area contributed by atoms with Gasteiger partial charge < -0.3 is 9.15 Å². The average molecular weight is 313 g/mol. The van der Waals surface area contributed by atoms with Gasteiger partial charge in [-0.1, -0.05) is 17.2 Å². The van der Waals surface area contributed by atoms with E-state index in [4.69, 9.17) is 9.15 Å². The predicted molar refractivity (Wildman–Crippen MR) is 81.8 cm³/mol. The lowest BCUT2D eigenvalue weighted by atomic mass is 10.2. The normalized spacial score (nSPS) is 10.5. The number of aromatic nitrogens is 4. The molecule has 0 bridgehead atoms. The first-order valence-electron chi connectivity index (χ1n) is 6.93. The van der Waals surface area contributed by atoms with Crippen LogP contribution in [0, 0.1) is 6.92 Å². The second-order valence-corrected chi connectivity index (χ2v) is 4.91. The minimum atomic E-state index is -0.383. The third-order valence-electron chi connectivity index (χ3n) is 3.07. The first kappa shape index (κ1) is 14.8. The van der Waals surface area contributed by atoms with Crippen molar-refractivity contribution in [1.82, 2.24) is 20.0 Å². The van der Waals surface area contributed by atoms with Crippen molar-refractivity contribution >= 4 is 11.9 Å². The Morgan fingerprint density at radius 1 is 1.35 bits per heavy atom. The van der Waals surface area contributed by atoms with Crippen LogP contribution in [0.4, 0.5) is 6.01 Å². The number of benzene rings is 1. The van der Waals surface area contributed by atoms with Crippen LogP contribution in [0.2, 0.25) is 0 Å². The summed E-state index contributed by atoms with van der Waals surface area (Å²) in [5, 5.41) is 14.2. The maximum Gasteiger partial charge on any atom is 0.322 e. The largest absolute Gasteiger partial charge is 0.484 e. The lowest BCUT2D eigenvalue weighted by Gasteiger charge is -2.05. The molecule has 8 nitrogen and oxygen atoms in total. The number of nitrogens with zero attached hydrogens (tertiary/aromatic N) is 4. The van der Waals surface area contributed by atoms with Crippen molar-refractivity contribution in [3.8, 4) is 17.3 Å². The van der Waals surface area contributed by atoms with Gasteiger partial charge in [-0.05, 0) is 30.7 Å². The molecule has 118 valence electrons. The van der Waals surface area contributed by atoms with Gasteiger partial charge >= 0.3 is 6.01 Å². The van der Waals surface area contributed by atoms with Crippen LogP contribution in [0.15, 0.2) is 40.9 Å². The van der Waals surface area contributed by atoms with Crippen LogP contribution >= 0.6 is 0 Å². The van der Waals surface area contributed by atoms with Crippen molar-refractivity contribution in [2.45, 2.75) is 6.92 Å². The standard InChI is InChI=1S/C15H15N5O3/c1-10-4-3-5-11(8-10)22-9-13(21)17-15-19-18-14(23-15)12-6-7-16-20(12)2/h3-8H,9H2,1-2H3,(H,17,19,21). The molecule has 3 aromatic rings. The molecule has 1 aromatic carbocycles. The number of nitrogens with one attached hydrogen (secondary N) is 1. The van der Waals surface area contributed by atoms with Crippen LogP contribution in [0.1, 0.15) is 5.56 Å². The summed E-state index contributed by atoms with van der Waals surface area (Å²) in [5.74, 6) is 0.521. The molecule has 0 fully saturated rings. The molecule has 23 heavy (non-hydrogen) atoms. The van der Waals surface area contributed by atoms with Gasteiger partial charge in [-0.15, -0.1) is 5.10 Å². The summed E-state index contributed by atoms with van der Waals surface area (Å²) in [6.07, 6.45) is 1.62. The Morgan fingerprint density at radius 3 is 2.96 bits per heavy atom. The second-order valence-electron chi connectivity index (χ2n) is 4.91. The van der Waals surface area contributed by atoms with Crippen molar-refractivity contribution in [3.63, 3.8) is 0 Å². The predicted octanol–water partition coefficient (Wildman–Crippen LogP) is 1.80. The van der Waals surface area contributed by atoms with E-state index in [1.807, 2.05) is 25.1 Å². The molecule has 0 unspecified atom stereocenters. The first-order chi connectivity index (χ1) is 11.1. The molecular formula is C15H15N5O3. The smallest absolute Gasteiger partial charge is 0.322 e. The number of carbonyl (C=O) groups is 1. The molecule has 3 rings (SSSR count). The van der Waals surface area contributed by atoms with E-state index >= 15 is 0 Å². The Balaban J connectivity index is 1.58. The van der Waals surface area contributed by atoms with E-state index in [1.165, 1.54) is 0 Å². The number of hydrogen-bond donors (Lipinski definition) is 1. The number of aryl methyl sites for hydroxylation is 2. The lowest BCUT2D eigenvalue weighted by molar-refractivity contribution is -0.118. The Kier molecular flexibility index (Phi) is 4.05. The van der Waals surface area contributed by atoms with Crippen molar-refractivity contribution in [1.29, 1.82) is 0 Å². The van der Waals surface area contributed by atoms with Gasteiger partial charge in [0.05, 0.1) is 0 Å². The summed E-state index contributed by atoms with van der Waals surface area (Å²) in [6, 6.07) is 9.19. The van der Waals surface area contributed by atoms with Gasteiger partial charge in [-0.3, -0.25) is 14.8 Å². The summed E-state index contributed by atoms with van der Waals surface area (Å²) in [5.41, 5.74) is 1.72. The Labute approximate surface area is 132 Å². The molecule has 0 aliphatic heterocycles. The molecule has 2 aromatic heterocycles. The maximum atomic E-state index is 11.9. The zero-order valence-electron chi connectivity index (χ0n) is 12.7. The SMILES string of the molecule is Cc1cccc(OCC(=O)Nc2nnc(-c3ccnn3C)o2)c1. The van der Waals surface area contributed by atoms with Crippen LogP contribution in [0.5, 0.6) is 5.75 Å². The monoisotopic (exact) mass is 313 g/mol. The fourth-order valence-corrected chi connectivity index (χ4v) is 1.97. The van der Waals surface area contributed by atoms with Crippen molar-refractivity contribution < 1.29 is 13.9 Å². The highest BCUT2D eigenvalue weighted by Crippen LogP contribution is 2.18. The van der Waals surface area contributed by atoms with Crippen LogP contribution in [-0.2, 0) is 11.8 Å². The highest BCUT2D eigenvalue weighted by molar-refractivity contribution is 5.89. The van der Waals surface area contributed by atoms with Gasteiger partial charge in [-0.25, -0.2) is 0 Å². The van der Waals surface area contributed by atoms with Gasteiger partial charge in [0.15, 0.2) is 6.61 Å². The van der Waals surface area contributed by atoms with Gasteiger partial charge in [0.1, 0.15) is 11.4 Å². The van der Waals surface area contributed by atoms with E-state index in [2.05, 4.69) is 20.6 Å². The molecule has 2 heterocycles. The van der Waals surface area contributed by atoms with Crippen LogP contribution < -0.4 is 10.1 Å². The van der Waals surface area contributed by atoms with Gasteiger partial charge in [-0.2, -0.15) is 5.10 Å². The Morgan fingerprint density at radius 2 is 2.22 bits per heavy atom. The number of anilines is 1. The van der Waals surface area contributed by atoms with E-state index in [9.17, 15) is 4.79 Å². The topological polar surface area (TPSA) is 95.1 Å². The summed E-state index contributed by atoms with van der Waals surface area (Å²) in [7, 11) is 1.76. The highest BCUT2D eigenvalue weighted by Gasteiger charge is 2.14. The van der Waals surface area contributed by atoms with Crippen molar-refractivity contribution in [2.75, 3.05) is 11.9 Å². The summed E-state index contributed by atoms with van der Waals surface area (Å²) in [4.78, 5) is 11.9. The van der Waals surface area contributed by atoms with Gasteiger partial charge in [0.25, 0.3) is 11.8 Å². The third kappa shape index (κ3) is 3.54. The molecule has 8 heteroatoms. The maximum absolute atomic E-state index is 11.9. The van der Waals surface area contributed by atoms with Crippen LogP contribution in [0.25, 0.3) is 11.6 Å². The molecule has 1 amide bonds. The third-order valence-corrected chi connectivity index (χ3v) is 3.07. The van der Waals surface area contributed by atoms with Gasteiger partial charge in [0, 0.05) is 13.2 Å². The minimum absolute atomic E-state index is 0.0130. The lowest BCUT2D eigenvalue weighted by Crippen LogP contribution is -2.20. The van der Waals surface area contributed by atoms with E-state index in [-0.39, 0.29) is 24.4 Å². The fourth-order valence-electron chi connectivity index (χ4n) is 1.97. The van der Waals surface area contributed by atoms with E-state index < -0.39 is 0 Å². The fraction of sp³-hybridized carbons (Fsp3) is 0.200. The van der Waals surface area contributed by atoms with Crippen molar-refractivity contribution in [3.05, 3.63) is 42.1 Å². The molecule has 1 N–H and O–H groups in total. The Hall–Kier alpha value is -3.16. The molecule has 0 atom stereocenters. The first-order valence-corrected chi connectivity index (χ1v) is 6.93. The number of ether oxygens (including phenoxy) is 1. The molecule has 0 radical (unpaired) electrons. The second kappa shape index (κ2) is 6.30. The molecule has 0 aliphatic carbocycles. The van der Waals surface area contributed by atoms with E-state index in [0.29, 0.717) is 11.4 Å². The average Bonchev–Trinajstić information content (AvgIpc) is 3.14. The van der Waals surface area contributed by atoms with Crippen molar-refractivity contribution in [2.24, 2.45) is 7.05 Å². The molecule has 0 saturated carbocycles. The molecular weight excluding hydrogens is 298 g/mol. The number of rotatable bonds is 5. The summed E-state index contributed by atoms with van der Waals surface area (Å²) in [6.45, 7) is 1.80. The molecule has 0 spiro atoms. The zero-order chi connectivity index (χ0) is 16.2. The minimum Gasteiger partial charge on any atom is -0.484 e. The van der Waals surface area contributed by atoms with E-state index in [1.54, 1.807) is 30.1 Å². The van der Waals surface area contributed by atoms with Crippen LogP contribution in [0.3, 0.4) is 0 Å². The molecule has 0 saturated heterocycles. The number of carbonyl (C=O) groups excluding carboxylic acids is 1. The quantitative estimate of drug-likeness (QED) is 0.771. The van der Waals surface area contributed by atoms with E-state index in [0.717, 1.165) is 5.56 Å². The number of hydrogen-bond acceptors (Lipinski definition) is 6. The Bertz CT molecular complexity index is 824. The molecule has 0 aliphatic rings. The van der Waals surface area contributed by atoms with Crippen LogP contribution in [-0.4, -0.2) is 32.5 Å². The zero-order valence-corrected chi connectivity index (χ0v) is 12.7.